The number of halogens is 4. The molecule has 0 rings (SSSR count). The van der Waals surface area contributed by atoms with Gasteiger partial charge >= 0.3 is 11.8 Å². The van der Waals surface area contributed by atoms with Gasteiger partial charge in [0, 0.05) is 14.2 Å². The van der Waals surface area contributed by atoms with E-state index in [9.17, 15) is 17.6 Å². The Morgan fingerprint density at radius 2 is 1.07 bits per heavy atom. The molecule has 86 valence electrons. The molecule has 0 fully saturated rings. The molecule has 0 aromatic carbocycles. The molecule has 0 aromatic rings. The summed E-state index contributed by atoms with van der Waals surface area (Å²) in [5, 5.41) is 16.9. The molecule has 0 spiro atoms. The molecule has 14 heavy (non-hydrogen) atoms. The molecule has 0 radical (unpaired) electrons. The number of methoxy groups -OCH3 is 2. The lowest BCUT2D eigenvalue weighted by Gasteiger charge is -2.31. The van der Waals surface area contributed by atoms with E-state index in [0.29, 0.717) is 14.2 Å². The Labute approximate surface area is 77.0 Å². The summed E-state index contributed by atoms with van der Waals surface area (Å²) in [5.74, 6) is -9.89. The Kier molecular flexibility index (Phi) is 4.25. The fourth-order valence-corrected chi connectivity index (χ4v) is 0.625. The number of aliphatic hydroxyl groups excluding tert-OH is 2. The van der Waals surface area contributed by atoms with Crippen molar-refractivity contribution >= 4 is 0 Å². The van der Waals surface area contributed by atoms with E-state index in [1.54, 1.807) is 0 Å². The number of rotatable bonds is 5. The first-order valence-corrected chi connectivity index (χ1v) is 3.39. The minimum Gasteiger partial charge on any atom is -0.363 e. The molecule has 0 amide bonds. The zero-order valence-electron chi connectivity index (χ0n) is 7.38. The molecule has 0 heterocycles. The molecule has 8 heteroatoms. The third kappa shape index (κ3) is 2.14. The number of hydrogen-bond donors (Lipinski definition) is 2. The maximum atomic E-state index is 12.7. The SMILES string of the molecule is COC(O)C(F)(F)C(F)(F)C(O)OC. The molecule has 0 bridgehead atoms. The van der Waals surface area contributed by atoms with E-state index in [2.05, 4.69) is 9.47 Å². The van der Waals surface area contributed by atoms with Crippen LogP contribution in [0.4, 0.5) is 17.6 Å². The van der Waals surface area contributed by atoms with Crippen molar-refractivity contribution < 1.29 is 37.2 Å². The average molecular weight is 222 g/mol. The summed E-state index contributed by atoms with van der Waals surface area (Å²) in [6.07, 6.45) is -6.05. The fraction of sp³-hybridized carbons (Fsp3) is 1.00. The number of ether oxygens (including phenoxy) is 2. The summed E-state index contributed by atoms with van der Waals surface area (Å²) in [6, 6.07) is 0. The number of alkyl halides is 4. The molecule has 0 aliphatic heterocycles. The molecular weight excluding hydrogens is 212 g/mol. The predicted molar refractivity (Wildman–Crippen MR) is 35.9 cm³/mol. The van der Waals surface area contributed by atoms with Gasteiger partial charge in [-0.05, 0) is 0 Å². The predicted octanol–water partition coefficient (Wildman–Crippen LogP) is 0.187. The molecular formula is C6H10F4O4. The summed E-state index contributed by atoms with van der Waals surface area (Å²) in [5.41, 5.74) is 0. The van der Waals surface area contributed by atoms with Crippen LogP contribution in [0.15, 0.2) is 0 Å². The van der Waals surface area contributed by atoms with Crippen molar-refractivity contribution in [3.63, 3.8) is 0 Å². The van der Waals surface area contributed by atoms with Crippen LogP contribution in [-0.2, 0) is 9.47 Å². The maximum absolute atomic E-state index is 12.7. The van der Waals surface area contributed by atoms with Crippen molar-refractivity contribution in [2.24, 2.45) is 0 Å². The lowest BCUT2D eigenvalue weighted by atomic mass is 10.1. The lowest BCUT2D eigenvalue weighted by Crippen LogP contribution is -2.57. The molecule has 2 atom stereocenters. The van der Waals surface area contributed by atoms with Crippen LogP contribution < -0.4 is 0 Å². The van der Waals surface area contributed by atoms with Gasteiger partial charge in [0.1, 0.15) is 0 Å². The van der Waals surface area contributed by atoms with Gasteiger partial charge in [-0.3, -0.25) is 0 Å². The van der Waals surface area contributed by atoms with Crippen LogP contribution in [0.5, 0.6) is 0 Å². The number of aliphatic hydroxyl groups is 2. The van der Waals surface area contributed by atoms with Gasteiger partial charge in [0.2, 0.25) is 12.6 Å². The van der Waals surface area contributed by atoms with E-state index in [0.717, 1.165) is 0 Å². The van der Waals surface area contributed by atoms with Crippen LogP contribution >= 0.6 is 0 Å². The highest BCUT2D eigenvalue weighted by atomic mass is 19.3. The molecule has 0 aromatic heterocycles. The zero-order chi connectivity index (χ0) is 11.6. The summed E-state index contributed by atoms with van der Waals surface area (Å²) >= 11 is 0. The molecule has 2 unspecified atom stereocenters. The summed E-state index contributed by atoms with van der Waals surface area (Å²) in [7, 11) is 1.24. The summed E-state index contributed by atoms with van der Waals surface area (Å²) in [4.78, 5) is 0. The van der Waals surface area contributed by atoms with E-state index in [-0.39, 0.29) is 0 Å². The van der Waals surface area contributed by atoms with Crippen LogP contribution in [0.3, 0.4) is 0 Å². The first-order valence-electron chi connectivity index (χ1n) is 3.39. The zero-order valence-corrected chi connectivity index (χ0v) is 7.38. The Morgan fingerprint density at radius 1 is 0.857 bits per heavy atom. The van der Waals surface area contributed by atoms with Gasteiger partial charge in [0.15, 0.2) is 0 Å². The van der Waals surface area contributed by atoms with Gasteiger partial charge < -0.3 is 19.7 Å². The van der Waals surface area contributed by atoms with Crippen LogP contribution in [0.25, 0.3) is 0 Å². The van der Waals surface area contributed by atoms with Gasteiger partial charge in [-0.25, -0.2) is 0 Å². The molecule has 0 aliphatic rings. The highest BCUT2D eigenvalue weighted by Gasteiger charge is 2.66. The highest BCUT2D eigenvalue weighted by Crippen LogP contribution is 2.39. The monoisotopic (exact) mass is 222 g/mol. The van der Waals surface area contributed by atoms with Crippen molar-refractivity contribution in [3.8, 4) is 0 Å². The van der Waals surface area contributed by atoms with Crippen LogP contribution in [0, 0.1) is 0 Å². The van der Waals surface area contributed by atoms with Crippen molar-refractivity contribution in [3.05, 3.63) is 0 Å². The van der Waals surface area contributed by atoms with E-state index in [1.165, 1.54) is 0 Å². The second-order valence-electron chi connectivity index (χ2n) is 2.42. The minimum atomic E-state index is -4.95. The minimum absolute atomic E-state index is 0.619. The van der Waals surface area contributed by atoms with Crippen molar-refractivity contribution in [1.82, 2.24) is 0 Å². The van der Waals surface area contributed by atoms with E-state index in [1.807, 2.05) is 0 Å². The van der Waals surface area contributed by atoms with E-state index < -0.39 is 24.4 Å². The van der Waals surface area contributed by atoms with Crippen LogP contribution in [-0.4, -0.2) is 48.9 Å². The Bertz CT molecular complexity index is 167. The standard InChI is InChI=1S/C6H10F4O4/c1-13-3(11)5(7,8)6(9,10)4(12)14-2/h3-4,11-12H,1-2H3. The topological polar surface area (TPSA) is 58.9 Å². The van der Waals surface area contributed by atoms with Gasteiger partial charge in [-0.1, -0.05) is 0 Å². The Hall–Kier alpha value is -0.440. The molecule has 0 saturated heterocycles. The van der Waals surface area contributed by atoms with Crippen molar-refractivity contribution in [1.29, 1.82) is 0 Å². The first kappa shape index (κ1) is 13.6. The molecule has 2 N–H and O–H groups in total. The van der Waals surface area contributed by atoms with Crippen molar-refractivity contribution in [2.75, 3.05) is 14.2 Å². The smallest absolute Gasteiger partial charge is 0.363 e. The highest BCUT2D eigenvalue weighted by molar-refractivity contribution is 4.89. The van der Waals surface area contributed by atoms with Crippen molar-refractivity contribution in [2.45, 2.75) is 24.4 Å². The normalized spacial score (nSPS) is 18.0. The Balaban J connectivity index is 4.85. The van der Waals surface area contributed by atoms with Gasteiger partial charge in [-0.15, -0.1) is 0 Å². The Morgan fingerprint density at radius 3 is 1.21 bits per heavy atom. The van der Waals surface area contributed by atoms with E-state index >= 15 is 0 Å². The molecule has 4 nitrogen and oxygen atoms in total. The molecule has 0 saturated carbocycles. The largest absolute Gasteiger partial charge is 0.364 e. The second kappa shape index (κ2) is 4.39. The molecule has 0 aliphatic carbocycles. The first-order chi connectivity index (χ1) is 6.21. The third-order valence-electron chi connectivity index (χ3n) is 1.51. The number of hydrogen-bond acceptors (Lipinski definition) is 4. The van der Waals surface area contributed by atoms with Gasteiger partial charge in [0.05, 0.1) is 0 Å². The van der Waals surface area contributed by atoms with Crippen LogP contribution in [0.1, 0.15) is 0 Å². The summed E-state index contributed by atoms with van der Waals surface area (Å²) < 4.78 is 58.0. The van der Waals surface area contributed by atoms with E-state index in [4.69, 9.17) is 10.2 Å². The van der Waals surface area contributed by atoms with Gasteiger partial charge in [0.25, 0.3) is 0 Å². The lowest BCUT2D eigenvalue weighted by molar-refractivity contribution is -0.361. The average Bonchev–Trinajstić information content (AvgIpc) is 2.14. The van der Waals surface area contributed by atoms with Crippen LogP contribution in [0.2, 0.25) is 0 Å². The fourth-order valence-electron chi connectivity index (χ4n) is 0.625. The van der Waals surface area contributed by atoms with Gasteiger partial charge in [-0.2, -0.15) is 17.6 Å². The maximum Gasteiger partial charge on any atom is 0.364 e. The second-order valence-corrected chi connectivity index (χ2v) is 2.42. The quantitative estimate of drug-likeness (QED) is 0.515. The summed E-state index contributed by atoms with van der Waals surface area (Å²) in [6.45, 7) is 0. The third-order valence-corrected chi connectivity index (χ3v) is 1.51.